The largest absolute Gasteiger partial charge is 0.486 e. The van der Waals surface area contributed by atoms with Gasteiger partial charge in [0.05, 0.1) is 14.6 Å². The first-order valence-corrected chi connectivity index (χ1v) is 11.3. The van der Waals surface area contributed by atoms with Crippen molar-refractivity contribution in [2.75, 3.05) is 4.90 Å². The Labute approximate surface area is 205 Å². The minimum atomic E-state index is -0.812. The Balaban J connectivity index is 1.61. The number of hydrogen-bond donors (Lipinski definition) is 1. The van der Waals surface area contributed by atoms with E-state index >= 15 is 0 Å². The zero-order valence-electron chi connectivity index (χ0n) is 16.8. The number of hydrogen-bond acceptors (Lipinski definition) is 4. The van der Waals surface area contributed by atoms with Crippen LogP contribution in [0, 0.1) is 5.82 Å². The summed E-state index contributed by atoms with van der Waals surface area (Å²) in [6, 6.07) is 17.1. The number of barbiturate groups is 1. The Bertz CT molecular complexity index is 1270. The third kappa shape index (κ3) is 4.89. The van der Waals surface area contributed by atoms with Crippen LogP contribution >= 0.6 is 31.9 Å². The van der Waals surface area contributed by atoms with Gasteiger partial charge in [0, 0.05) is 5.56 Å². The third-order valence-electron chi connectivity index (χ3n) is 4.78. The lowest BCUT2D eigenvalue weighted by atomic mass is 10.1. The fraction of sp³-hybridized carbons (Fsp3) is 0.0417. The highest BCUT2D eigenvalue weighted by Crippen LogP contribution is 2.36. The molecule has 1 saturated heterocycles. The van der Waals surface area contributed by atoms with Gasteiger partial charge in [0.25, 0.3) is 11.8 Å². The van der Waals surface area contributed by atoms with E-state index in [0.717, 1.165) is 4.90 Å². The maximum Gasteiger partial charge on any atom is 0.335 e. The van der Waals surface area contributed by atoms with Crippen molar-refractivity contribution in [1.29, 1.82) is 0 Å². The molecule has 1 heterocycles. The molecule has 3 aromatic rings. The zero-order valence-corrected chi connectivity index (χ0v) is 20.0. The monoisotopic (exact) mass is 572 g/mol. The number of carbonyl (C=O) groups excluding carboxylic acids is 3. The minimum Gasteiger partial charge on any atom is -0.486 e. The molecule has 0 saturated carbocycles. The lowest BCUT2D eigenvalue weighted by Gasteiger charge is -2.26. The van der Waals surface area contributed by atoms with Crippen molar-refractivity contribution in [1.82, 2.24) is 5.32 Å². The first-order chi connectivity index (χ1) is 15.8. The second-order valence-electron chi connectivity index (χ2n) is 6.99. The molecule has 1 fully saturated rings. The number of carbonyl (C=O) groups is 3. The predicted octanol–water partition coefficient (Wildman–Crippen LogP) is 5.60. The van der Waals surface area contributed by atoms with Gasteiger partial charge >= 0.3 is 6.03 Å². The first kappa shape index (κ1) is 22.9. The number of rotatable bonds is 5. The van der Waals surface area contributed by atoms with Crippen LogP contribution in [0.5, 0.6) is 5.75 Å². The van der Waals surface area contributed by atoms with Crippen LogP contribution < -0.4 is 15.0 Å². The molecule has 166 valence electrons. The van der Waals surface area contributed by atoms with Crippen molar-refractivity contribution in [3.05, 3.63) is 98.2 Å². The van der Waals surface area contributed by atoms with E-state index in [1.54, 1.807) is 60.7 Å². The highest BCUT2D eigenvalue weighted by molar-refractivity contribution is 9.11. The van der Waals surface area contributed by atoms with Crippen LogP contribution in [-0.4, -0.2) is 17.8 Å². The number of ether oxygens (including phenoxy) is 1. The Morgan fingerprint density at radius 2 is 1.58 bits per heavy atom. The van der Waals surface area contributed by atoms with Crippen molar-refractivity contribution >= 4 is 61.5 Å². The van der Waals surface area contributed by atoms with E-state index in [1.807, 2.05) is 0 Å². The number of imide groups is 2. The van der Waals surface area contributed by atoms with Crippen LogP contribution in [-0.2, 0) is 16.2 Å². The van der Waals surface area contributed by atoms with Gasteiger partial charge in [-0.05, 0) is 73.8 Å². The quantitative estimate of drug-likeness (QED) is 0.319. The second kappa shape index (κ2) is 9.68. The number of anilines is 1. The van der Waals surface area contributed by atoms with E-state index in [9.17, 15) is 18.8 Å². The molecular weight excluding hydrogens is 559 g/mol. The summed E-state index contributed by atoms with van der Waals surface area (Å²) in [6.07, 6.45) is 1.39. The fourth-order valence-corrected chi connectivity index (χ4v) is 4.65. The molecule has 0 radical (unpaired) electrons. The van der Waals surface area contributed by atoms with Gasteiger partial charge in [-0.2, -0.15) is 0 Å². The van der Waals surface area contributed by atoms with E-state index < -0.39 is 17.8 Å². The fourth-order valence-electron chi connectivity index (χ4n) is 3.20. The Hall–Kier alpha value is -3.30. The molecule has 9 heteroatoms. The summed E-state index contributed by atoms with van der Waals surface area (Å²) in [5, 5.41) is 2.19. The van der Waals surface area contributed by atoms with E-state index in [2.05, 4.69) is 37.2 Å². The van der Waals surface area contributed by atoms with Gasteiger partial charge < -0.3 is 4.74 Å². The number of nitrogens with one attached hydrogen (secondary N) is 1. The molecule has 0 bridgehead atoms. The van der Waals surface area contributed by atoms with Crippen LogP contribution in [0.1, 0.15) is 11.1 Å². The van der Waals surface area contributed by atoms with Crippen molar-refractivity contribution < 1.29 is 23.5 Å². The van der Waals surface area contributed by atoms with Gasteiger partial charge in [0.2, 0.25) is 0 Å². The maximum atomic E-state index is 13.9. The van der Waals surface area contributed by atoms with E-state index in [4.69, 9.17) is 4.74 Å². The first-order valence-electron chi connectivity index (χ1n) is 9.67. The smallest absolute Gasteiger partial charge is 0.335 e. The predicted molar refractivity (Wildman–Crippen MR) is 128 cm³/mol. The molecule has 1 aliphatic heterocycles. The molecule has 4 rings (SSSR count). The Kier molecular flexibility index (Phi) is 6.71. The normalized spacial score (nSPS) is 15.1. The van der Waals surface area contributed by atoms with Crippen molar-refractivity contribution in [2.24, 2.45) is 0 Å². The molecule has 0 aromatic heterocycles. The third-order valence-corrected chi connectivity index (χ3v) is 5.96. The van der Waals surface area contributed by atoms with Gasteiger partial charge in [0.1, 0.15) is 23.7 Å². The number of urea groups is 1. The summed E-state index contributed by atoms with van der Waals surface area (Å²) in [4.78, 5) is 38.5. The number of halogens is 3. The molecule has 0 unspecified atom stereocenters. The average molecular weight is 574 g/mol. The zero-order chi connectivity index (χ0) is 23.5. The topological polar surface area (TPSA) is 75.7 Å². The Morgan fingerprint density at radius 3 is 2.24 bits per heavy atom. The van der Waals surface area contributed by atoms with Crippen molar-refractivity contribution in [3.63, 3.8) is 0 Å². The molecule has 33 heavy (non-hydrogen) atoms. The molecule has 1 aliphatic rings. The lowest BCUT2D eigenvalue weighted by Crippen LogP contribution is -2.54. The Morgan fingerprint density at radius 1 is 0.939 bits per heavy atom. The summed E-state index contributed by atoms with van der Waals surface area (Å²) < 4.78 is 20.7. The molecule has 6 nitrogen and oxygen atoms in total. The minimum absolute atomic E-state index is 0.0132. The number of para-hydroxylation sites is 1. The van der Waals surface area contributed by atoms with Crippen LogP contribution in [0.15, 0.2) is 81.2 Å². The van der Waals surface area contributed by atoms with E-state index in [-0.39, 0.29) is 18.0 Å². The van der Waals surface area contributed by atoms with Crippen LogP contribution in [0.4, 0.5) is 14.9 Å². The van der Waals surface area contributed by atoms with Gasteiger partial charge in [0.15, 0.2) is 0 Å². The van der Waals surface area contributed by atoms with Crippen LogP contribution in [0.3, 0.4) is 0 Å². The summed E-state index contributed by atoms with van der Waals surface area (Å²) in [7, 11) is 0. The standard InChI is InChI=1S/C24H15Br2FN2O4/c25-18-11-14(12-19(26)21(18)33-13-15-6-4-5-9-20(15)27)10-17-22(30)28-24(32)29(23(17)31)16-7-2-1-3-8-16/h1-12H,13H2,(H,28,30,32)/b17-10+. The number of nitrogens with zero attached hydrogens (tertiary/aromatic N) is 1. The summed E-state index contributed by atoms with van der Waals surface area (Å²) in [6.45, 7) is 0.0132. The van der Waals surface area contributed by atoms with Crippen molar-refractivity contribution in [3.8, 4) is 5.75 Å². The molecule has 0 atom stereocenters. The second-order valence-corrected chi connectivity index (χ2v) is 8.70. The molecule has 3 aromatic carbocycles. The van der Waals surface area contributed by atoms with Gasteiger partial charge in [-0.15, -0.1) is 0 Å². The van der Waals surface area contributed by atoms with E-state index in [0.29, 0.717) is 31.5 Å². The molecule has 4 amide bonds. The van der Waals surface area contributed by atoms with Crippen LogP contribution in [0.25, 0.3) is 6.08 Å². The molecule has 0 aliphatic carbocycles. The van der Waals surface area contributed by atoms with Gasteiger partial charge in [-0.1, -0.05) is 36.4 Å². The maximum absolute atomic E-state index is 13.9. The van der Waals surface area contributed by atoms with Gasteiger partial charge in [-0.3, -0.25) is 14.9 Å². The van der Waals surface area contributed by atoms with E-state index in [1.165, 1.54) is 12.1 Å². The van der Waals surface area contributed by atoms with Crippen LogP contribution in [0.2, 0.25) is 0 Å². The lowest BCUT2D eigenvalue weighted by molar-refractivity contribution is -0.122. The molecule has 1 N–H and O–H groups in total. The van der Waals surface area contributed by atoms with Gasteiger partial charge in [-0.25, -0.2) is 14.1 Å². The molecular formula is C24H15Br2FN2O4. The summed E-state index contributed by atoms with van der Waals surface area (Å²) >= 11 is 6.83. The number of amides is 4. The highest BCUT2D eigenvalue weighted by Gasteiger charge is 2.36. The van der Waals surface area contributed by atoms with Crippen molar-refractivity contribution in [2.45, 2.75) is 6.61 Å². The highest BCUT2D eigenvalue weighted by atomic mass is 79.9. The summed E-state index contributed by atoms with van der Waals surface area (Å²) in [5.74, 6) is -1.46. The SMILES string of the molecule is O=C1NC(=O)N(c2ccccc2)C(=O)/C1=C/c1cc(Br)c(OCc2ccccc2F)c(Br)c1. The summed E-state index contributed by atoms with van der Waals surface area (Å²) in [5.41, 5.74) is 1.06. The molecule has 0 spiro atoms. The average Bonchev–Trinajstić information content (AvgIpc) is 2.78. The number of benzene rings is 3.